The lowest BCUT2D eigenvalue weighted by molar-refractivity contribution is 0.0996. The van der Waals surface area contributed by atoms with Crippen molar-refractivity contribution in [2.24, 2.45) is 5.73 Å². The third-order valence-electron chi connectivity index (χ3n) is 1.99. The topological polar surface area (TPSA) is 69.1 Å². The summed E-state index contributed by atoms with van der Waals surface area (Å²) in [7, 11) is 0. The van der Waals surface area contributed by atoms with Crippen molar-refractivity contribution in [3.63, 3.8) is 0 Å². The van der Waals surface area contributed by atoms with E-state index in [9.17, 15) is 13.6 Å². The molecule has 0 aliphatic carbocycles. The van der Waals surface area contributed by atoms with Gasteiger partial charge in [-0.2, -0.15) is 0 Å². The number of carbonyl (C=O) groups excluding carboxylic acids is 1. The maximum absolute atomic E-state index is 13.4. The van der Waals surface area contributed by atoms with Gasteiger partial charge < -0.3 is 10.2 Å². The molecule has 0 unspecified atom stereocenters. The fourth-order valence-corrected chi connectivity index (χ4v) is 1.31. The Morgan fingerprint density at radius 2 is 1.94 bits per heavy atom. The first-order valence-electron chi connectivity index (χ1n) is 4.29. The van der Waals surface area contributed by atoms with Gasteiger partial charge in [0, 0.05) is 0 Å². The first-order valence-corrected chi connectivity index (χ1v) is 4.29. The van der Waals surface area contributed by atoms with Gasteiger partial charge in [0.05, 0.1) is 5.56 Å². The Morgan fingerprint density at radius 3 is 2.50 bits per heavy atom. The lowest BCUT2D eigenvalue weighted by Gasteiger charge is -2.01. The molecule has 1 amide bonds. The summed E-state index contributed by atoms with van der Waals surface area (Å²) in [6, 6.07) is 3.30. The molecule has 0 aliphatic heterocycles. The van der Waals surface area contributed by atoms with Gasteiger partial charge in [-0.05, 0) is 12.1 Å². The molecule has 2 N–H and O–H groups in total. The highest BCUT2D eigenvalue weighted by molar-refractivity contribution is 5.96. The zero-order chi connectivity index (χ0) is 11.7. The smallest absolute Gasteiger partial charge is 0.271 e. The number of benzene rings is 1. The average Bonchev–Trinajstić information content (AvgIpc) is 2.66. The number of nitrogens with zero attached hydrogens (tertiary/aromatic N) is 1. The normalized spacial score (nSPS) is 10.4. The van der Waals surface area contributed by atoms with E-state index in [1.807, 2.05) is 0 Å². The molecular weight excluding hydrogens is 218 g/mol. The second-order valence-electron chi connectivity index (χ2n) is 2.99. The van der Waals surface area contributed by atoms with Crippen molar-refractivity contribution in [2.75, 3.05) is 0 Å². The zero-order valence-corrected chi connectivity index (χ0v) is 7.91. The highest BCUT2D eigenvalue weighted by Gasteiger charge is 2.21. The van der Waals surface area contributed by atoms with Crippen LogP contribution in [0.15, 0.2) is 29.0 Å². The minimum absolute atomic E-state index is 0.302. The van der Waals surface area contributed by atoms with E-state index in [-0.39, 0.29) is 11.5 Å². The van der Waals surface area contributed by atoms with Gasteiger partial charge in [-0.25, -0.2) is 13.8 Å². The van der Waals surface area contributed by atoms with Crippen LogP contribution in [-0.2, 0) is 0 Å². The number of carbonyl (C=O) groups is 1. The van der Waals surface area contributed by atoms with Crippen LogP contribution in [0, 0.1) is 11.6 Å². The average molecular weight is 224 g/mol. The molecule has 2 aromatic rings. The standard InChI is InChI=1S/C10H6F2N2O2/c11-5-2-1-3-6(12)7(5)9-8(10(13)15)14-4-16-9/h1-4H,(H2,13,15). The van der Waals surface area contributed by atoms with Crippen molar-refractivity contribution in [3.05, 3.63) is 41.9 Å². The van der Waals surface area contributed by atoms with E-state index in [2.05, 4.69) is 4.98 Å². The highest BCUT2D eigenvalue weighted by Crippen LogP contribution is 2.28. The summed E-state index contributed by atoms with van der Waals surface area (Å²) in [5.41, 5.74) is 4.24. The van der Waals surface area contributed by atoms with Gasteiger partial charge in [0.15, 0.2) is 17.8 Å². The number of nitrogens with two attached hydrogens (primary N) is 1. The second-order valence-corrected chi connectivity index (χ2v) is 2.99. The third-order valence-corrected chi connectivity index (χ3v) is 1.99. The quantitative estimate of drug-likeness (QED) is 0.844. The fraction of sp³-hybridized carbons (Fsp3) is 0. The highest BCUT2D eigenvalue weighted by atomic mass is 19.1. The summed E-state index contributed by atoms with van der Waals surface area (Å²) in [5, 5.41) is 0. The predicted octanol–water partition coefficient (Wildman–Crippen LogP) is 1.72. The van der Waals surface area contributed by atoms with Gasteiger partial charge in [0.1, 0.15) is 11.6 Å². The van der Waals surface area contributed by atoms with Crippen molar-refractivity contribution < 1.29 is 18.0 Å². The van der Waals surface area contributed by atoms with Crippen molar-refractivity contribution in [1.29, 1.82) is 0 Å². The molecule has 82 valence electrons. The number of oxazole rings is 1. The molecule has 0 saturated carbocycles. The minimum atomic E-state index is -0.911. The molecule has 0 bridgehead atoms. The lowest BCUT2D eigenvalue weighted by atomic mass is 10.1. The van der Waals surface area contributed by atoms with E-state index in [4.69, 9.17) is 10.2 Å². The van der Waals surface area contributed by atoms with Crippen molar-refractivity contribution in [1.82, 2.24) is 4.98 Å². The van der Waals surface area contributed by atoms with Gasteiger partial charge in [-0.3, -0.25) is 4.79 Å². The molecule has 0 radical (unpaired) electrons. The number of hydrogen-bond donors (Lipinski definition) is 1. The molecule has 2 rings (SSSR count). The molecule has 16 heavy (non-hydrogen) atoms. The van der Waals surface area contributed by atoms with Crippen LogP contribution in [-0.4, -0.2) is 10.9 Å². The van der Waals surface area contributed by atoms with E-state index in [0.717, 1.165) is 18.5 Å². The summed E-state index contributed by atoms with van der Waals surface area (Å²) in [4.78, 5) is 14.4. The molecule has 0 saturated heterocycles. The third kappa shape index (κ3) is 1.54. The van der Waals surface area contributed by atoms with Crippen LogP contribution in [0.1, 0.15) is 10.5 Å². The van der Waals surface area contributed by atoms with Crippen molar-refractivity contribution in [2.45, 2.75) is 0 Å². The number of aromatic nitrogens is 1. The van der Waals surface area contributed by atoms with Crippen LogP contribution in [0.5, 0.6) is 0 Å². The Balaban J connectivity index is 2.68. The van der Waals surface area contributed by atoms with E-state index < -0.39 is 23.1 Å². The van der Waals surface area contributed by atoms with E-state index in [1.165, 1.54) is 6.07 Å². The van der Waals surface area contributed by atoms with E-state index in [0.29, 0.717) is 0 Å². The maximum Gasteiger partial charge on any atom is 0.271 e. The van der Waals surface area contributed by atoms with Crippen LogP contribution in [0.25, 0.3) is 11.3 Å². The summed E-state index contributed by atoms with van der Waals surface area (Å²) in [5.74, 6) is -2.91. The summed E-state index contributed by atoms with van der Waals surface area (Å²) >= 11 is 0. The predicted molar refractivity (Wildman–Crippen MR) is 50.4 cm³/mol. The number of halogens is 2. The largest absolute Gasteiger partial charge is 0.442 e. The summed E-state index contributed by atoms with van der Waals surface area (Å²) in [6.45, 7) is 0. The number of rotatable bonds is 2. The van der Waals surface area contributed by atoms with Gasteiger partial charge in [0.2, 0.25) is 0 Å². The van der Waals surface area contributed by atoms with Crippen molar-refractivity contribution >= 4 is 5.91 Å². The zero-order valence-electron chi connectivity index (χ0n) is 7.91. The van der Waals surface area contributed by atoms with Crippen LogP contribution >= 0.6 is 0 Å². The molecule has 0 fully saturated rings. The Hall–Kier alpha value is -2.24. The number of amides is 1. The Bertz CT molecular complexity index is 531. The lowest BCUT2D eigenvalue weighted by Crippen LogP contribution is -2.12. The first kappa shape index (κ1) is 10.3. The van der Waals surface area contributed by atoms with Gasteiger partial charge in [0.25, 0.3) is 5.91 Å². The fourth-order valence-electron chi connectivity index (χ4n) is 1.31. The van der Waals surface area contributed by atoms with Crippen LogP contribution in [0.2, 0.25) is 0 Å². The van der Waals surface area contributed by atoms with Crippen LogP contribution in [0.3, 0.4) is 0 Å². The molecule has 6 heteroatoms. The van der Waals surface area contributed by atoms with E-state index in [1.54, 1.807) is 0 Å². The maximum atomic E-state index is 13.4. The molecule has 4 nitrogen and oxygen atoms in total. The molecule has 0 atom stereocenters. The Kier molecular flexibility index (Phi) is 2.40. The van der Waals surface area contributed by atoms with Gasteiger partial charge in [-0.1, -0.05) is 6.07 Å². The molecule has 1 aromatic heterocycles. The Labute approximate surface area is 88.7 Å². The SMILES string of the molecule is NC(=O)c1ncoc1-c1c(F)cccc1F. The summed E-state index contributed by atoms with van der Waals surface area (Å²) in [6.07, 6.45) is 0.904. The molecule has 0 spiro atoms. The van der Waals surface area contributed by atoms with Crippen LogP contribution in [0.4, 0.5) is 8.78 Å². The second kappa shape index (κ2) is 3.73. The molecule has 1 aromatic carbocycles. The molecular formula is C10H6F2N2O2. The number of primary amides is 1. The minimum Gasteiger partial charge on any atom is -0.442 e. The van der Waals surface area contributed by atoms with Crippen molar-refractivity contribution in [3.8, 4) is 11.3 Å². The van der Waals surface area contributed by atoms with Crippen LogP contribution < -0.4 is 5.73 Å². The number of hydrogen-bond acceptors (Lipinski definition) is 3. The van der Waals surface area contributed by atoms with E-state index >= 15 is 0 Å². The van der Waals surface area contributed by atoms with Gasteiger partial charge >= 0.3 is 0 Å². The first-order chi connectivity index (χ1) is 7.61. The Morgan fingerprint density at radius 1 is 1.31 bits per heavy atom. The molecule has 0 aliphatic rings. The summed E-state index contributed by atoms with van der Waals surface area (Å²) < 4.78 is 31.5. The van der Waals surface area contributed by atoms with Gasteiger partial charge in [-0.15, -0.1) is 0 Å². The monoisotopic (exact) mass is 224 g/mol. The molecule has 1 heterocycles.